The van der Waals surface area contributed by atoms with Gasteiger partial charge in [-0.05, 0) is 30.2 Å². The molecule has 1 aromatic heterocycles. The molecule has 22 heavy (non-hydrogen) atoms. The van der Waals surface area contributed by atoms with Gasteiger partial charge in [0.15, 0.2) is 0 Å². The van der Waals surface area contributed by atoms with Crippen LogP contribution in [0.1, 0.15) is 13.3 Å². The highest BCUT2D eigenvalue weighted by molar-refractivity contribution is 5.81. The average Bonchev–Trinajstić information content (AvgIpc) is 2.61. The number of nitrogens with one attached hydrogen (secondary N) is 1. The number of anilines is 1. The van der Waals surface area contributed by atoms with E-state index in [0.717, 1.165) is 35.5 Å². The minimum Gasteiger partial charge on any atom is -0.385 e. The van der Waals surface area contributed by atoms with Crippen LogP contribution in [0.2, 0.25) is 0 Å². The molecule has 3 aromatic rings. The van der Waals surface area contributed by atoms with Gasteiger partial charge in [0.05, 0.1) is 5.69 Å². The van der Waals surface area contributed by atoms with E-state index in [1.54, 1.807) is 0 Å². The average molecular weight is 288 g/mol. The summed E-state index contributed by atoms with van der Waals surface area (Å²) in [5, 5.41) is 3.40. The first-order valence-electron chi connectivity index (χ1n) is 7.73. The quantitative estimate of drug-likeness (QED) is 0.694. The fourth-order valence-corrected chi connectivity index (χ4v) is 2.50. The molecule has 0 spiro atoms. The Hall–Kier alpha value is -2.61. The van der Waals surface area contributed by atoms with E-state index < -0.39 is 0 Å². The van der Waals surface area contributed by atoms with Gasteiger partial charge in [-0.3, -0.25) is 4.98 Å². The molecule has 0 fully saturated rings. The van der Waals surface area contributed by atoms with Crippen molar-refractivity contribution in [3.05, 3.63) is 72.9 Å². The van der Waals surface area contributed by atoms with Crippen LogP contribution in [0.25, 0.3) is 22.4 Å². The zero-order valence-corrected chi connectivity index (χ0v) is 12.8. The zero-order valence-electron chi connectivity index (χ0n) is 12.8. The second kappa shape index (κ2) is 6.90. The standard InChI is InChI=1S/C20H20N2/c1-2-14-21-18-12-10-17(11-13-18)20-19(9-6-15-22-20)16-7-4-3-5-8-16/h3-13,15,21H,2,14H2,1H3. The molecule has 0 radical (unpaired) electrons. The minimum atomic E-state index is 0.998. The molecule has 2 aromatic carbocycles. The van der Waals surface area contributed by atoms with Gasteiger partial charge in [-0.25, -0.2) is 0 Å². The highest BCUT2D eigenvalue weighted by Crippen LogP contribution is 2.30. The summed E-state index contributed by atoms with van der Waals surface area (Å²) in [5.74, 6) is 0. The maximum absolute atomic E-state index is 4.60. The van der Waals surface area contributed by atoms with Gasteiger partial charge in [0.25, 0.3) is 0 Å². The van der Waals surface area contributed by atoms with Crippen molar-refractivity contribution in [1.82, 2.24) is 4.98 Å². The van der Waals surface area contributed by atoms with Crippen LogP contribution >= 0.6 is 0 Å². The van der Waals surface area contributed by atoms with Crippen molar-refractivity contribution in [3.63, 3.8) is 0 Å². The molecule has 110 valence electrons. The zero-order chi connectivity index (χ0) is 15.2. The Kier molecular flexibility index (Phi) is 4.50. The molecule has 0 unspecified atom stereocenters. The second-order valence-electron chi connectivity index (χ2n) is 5.27. The Balaban J connectivity index is 1.95. The van der Waals surface area contributed by atoms with Gasteiger partial charge < -0.3 is 5.32 Å². The summed E-state index contributed by atoms with van der Waals surface area (Å²) in [6, 6.07) is 23.0. The molecule has 0 saturated carbocycles. The van der Waals surface area contributed by atoms with Crippen LogP contribution in [0, 0.1) is 0 Å². The van der Waals surface area contributed by atoms with Crippen LogP contribution in [-0.4, -0.2) is 11.5 Å². The SMILES string of the molecule is CCCNc1ccc(-c2ncccc2-c2ccccc2)cc1. The number of rotatable bonds is 5. The third-order valence-corrected chi connectivity index (χ3v) is 3.63. The number of hydrogen-bond acceptors (Lipinski definition) is 2. The largest absolute Gasteiger partial charge is 0.385 e. The van der Waals surface area contributed by atoms with Crippen LogP contribution < -0.4 is 5.32 Å². The van der Waals surface area contributed by atoms with Crippen molar-refractivity contribution in [2.75, 3.05) is 11.9 Å². The summed E-state index contributed by atoms with van der Waals surface area (Å²) in [6.45, 7) is 3.17. The Bertz CT molecular complexity index is 718. The molecule has 0 saturated heterocycles. The maximum Gasteiger partial charge on any atom is 0.0780 e. The van der Waals surface area contributed by atoms with Crippen LogP contribution in [0.4, 0.5) is 5.69 Å². The predicted octanol–water partition coefficient (Wildman–Crippen LogP) is 5.24. The highest BCUT2D eigenvalue weighted by Gasteiger charge is 2.08. The summed E-state index contributed by atoms with van der Waals surface area (Å²) in [6.07, 6.45) is 2.98. The van der Waals surface area contributed by atoms with Crippen molar-refractivity contribution in [1.29, 1.82) is 0 Å². The summed E-state index contributed by atoms with van der Waals surface area (Å²) in [4.78, 5) is 4.60. The number of nitrogens with zero attached hydrogens (tertiary/aromatic N) is 1. The van der Waals surface area contributed by atoms with Crippen LogP contribution in [0.5, 0.6) is 0 Å². The molecule has 1 heterocycles. The van der Waals surface area contributed by atoms with Gasteiger partial charge in [-0.2, -0.15) is 0 Å². The number of benzene rings is 2. The lowest BCUT2D eigenvalue weighted by atomic mass is 9.99. The first-order valence-corrected chi connectivity index (χ1v) is 7.73. The molecular weight excluding hydrogens is 268 g/mol. The van der Waals surface area contributed by atoms with Crippen LogP contribution in [0.15, 0.2) is 72.9 Å². The molecule has 2 nitrogen and oxygen atoms in total. The maximum atomic E-state index is 4.60. The van der Waals surface area contributed by atoms with Gasteiger partial charge >= 0.3 is 0 Å². The topological polar surface area (TPSA) is 24.9 Å². The fraction of sp³-hybridized carbons (Fsp3) is 0.150. The van der Waals surface area contributed by atoms with Crippen molar-refractivity contribution in [3.8, 4) is 22.4 Å². The Labute approximate surface area is 131 Å². The van der Waals surface area contributed by atoms with E-state index in [0.29, 0.717) is 0 Å². The van der Waals surface area contributed by atoms with Gasteiger partial charge in [-0.1, -0.05) is 55.5 Å². The first-order chi connectivity index (χ1) is 10.9. The van der Waals surface area contributed by atoms with E-state index in [2.05, 4.69) is 71.8 Å². The van der Waals surface area contributed by atoms with E-state index in [1.807, 2.05) is 18.3 Å². The molecule has 0 bridgehead atoms. The first kappa shape index (κ1) is 14.3. The van der Waals surface area contributed by atoms with Gasteiger partial charge in [-0.15, -0.1) is 0 Å². The van der Waals surface area contributed by atoms with Crippen molar-refractivity contribution < 1.29 is 0 Å². The number of aromatic nitrogens is 1. The Morgan fingerprint density at radius 3 is 2.32 bits per heavy atom. The lowest BCUT2D eigenvalue weighted by molar-refractivity contribution is 0.980. The fourth-order valence-electron chi connectivity index (χ4n) is 2.50. The molecule has 1 N–H and O–H groups in total. The lowest BCUT2D eigenvalue weighted by Crippen LogP contribution is -1.99. The predicted molar refractivity (Wildman–Crippen MR) is 93.9 cm³/mol. The molecule has 0 atom stereocenters. The van der Waals surface area contributed by atoms with E-state index in [1.165, 1.54) is 5.56 Å². The minimum absolute atomic E-state index is 0.998. The van der Waals surface area contributed by atoms with Gasteiger partial charge in [0.1, 0.15) is 0 Å². The monoisotopic (exact) mass is 288 g/mol. The summed E-state index contributed by atoms with van der Waals surface area (Å²) in [7, 11) is 0. The molecule has 0 amide bonds. The van der Waals surface area contributed by atoms with E-state index in [4.69, 9.17) is 0 Å². The smallest absolute Gasteiger partial charge is 0.0780 e. The third kappa shape index (κ3) is 3.17. The summed E-state index contributed by atoms with van der Waals surface area (Å²) in [5.41, 5.74) is 5.68. The van der Waals surface area contributed by atoms with E-state index in [-0.39, 0.29) is 0 Å². The van der Waals surface area contributed by atoms with Crippen molar-refractivity contribution in [2.45, 2.75) is 13.3 Å². The van der Waals surface area contributed by atoms with Gasteiger partial charge in [0.2, 0.25) is 0 Å². The van der Waals surface area contributed by atoms with E-state index in [9.17, 15) is 0 Å². The third-order valence-electron chi connectivity index (χ3n) is 3.63. The second-order valence-corrected chi connectivity index (χ2v) is 5.27. The normalized spacial score (nSPS) is 10.4. The van der Waals surface area contributed by atoms with Crippen molar-refractivity contribution in [2.24, 2.45) is 0 Å². The summed E-state index contributed by atoms with van der Waals surface area (Å²) >= 11 is 0. The lowest BCUT2D eigenvalue weighted by Gasteiger charge is -2.10. The molecule has 2 heteroatoms. The van der Waals surface area contributed by atoms with Gasteiger partial charge in [0, 0.05) is 29.6 Å². The summed E-state index contributed by atoms with van der Waals surface area (Å²) < 4.78 is 0. The Morgan fingerprint density at radius 2 is 1.59 bits per heavy atom. The van der Waals surface area contributed by atoms with Crippen molar-refractivity contribution >= 4 is 5.69 Å². The Morgan fingerprint density at radius 1 is 0.818 bits per heavy atom. The number of pyridine rings is 1. The molecule has 0 aliphatic heterocycles. The molecule has 0 aliphatic rings. The van der Waals surface area contributed by atoms with Crippen LogP contribution in [0.3, 0.4) is 0 Å². The molecule has 0 aliphatic carbocycles. The van der Waals surface area contributed by atoms with E-state index >= 15 is 0 Å². The van der Waals surface area contributed by atoms with Crippen LogP contribution in [-0.2, 0) is 0 Å². The highest BCUT2D eigenvalue weighted by atomic mass is 14.9. The molecule has 3 rings (SSSR count). The molecular formula is C20H20N2. The number of hydrogen-bond donors (Lipinski definition) is 1.